The molecule has 2 rings (SSSR count). The van der Waals surface area contributed by atoms with Gasteiger partial charge in [0.2, 0.25) is 0 Å². The van der Waals surface area contributed by atoms with Crippen molar-refractivity contribution in [1.29, 1.82) is 0 Å². The molecule has 19 heavy (non-hydrogen) atoms. The molecule has 5 heteroatoms. The molecule has 2 unspecified atom stereocenters. The second-order valence-corrected chi connectivity index (χ2v) is 5.15. The summed E-state index contributed by atoms with van der Waals surface area (Å²) in [6, 6.07) is 3.70. The highest BCUT2D eigenvalue weighted by Gasteiger charge is 2.30. The second-order valence-electron chi connectivity index (χ2n) is 5.15. The molecule has 1 fully saturated rings. The fourth-order valence-corrected chi connectivity index (χ4v) is 2.49. The molecule has 1 aromatic rings. The third-order valence-corrected chi connectivity index (χ3v) is 3.76. The van der Waals surface area contributed by atoms with Crippen molar-refractivity contribution in [3.63, 3.8) is 0 Å². The average Bonchev–Trinajstić information content (AvgIpc) is 2.38. The molecule has 0 saturated carbocycles. The molecule has 0 spiro atoms. The number of rotatable bonds is 2. The number of likely N-dealkylation sites (tertiary alicyclic amines) is 1. The average molecular weight is 266 g/mol. The van der Waals surface area contributed by atoms with Crippen molar-refractivity contribution in [3.05, 3.63) is 29.6 Å². The van der Waals surface area contributed by atoms with Crippen molar-refractivity contribution in [1.82, 2.24) is 4.90 Å². The van der Waals surface area contributed by atoms with Crippen molar-refractivity contribution >= 4 is 5.91 Å². The molecule has 1 amide bonds. The van der Waals surface area contributed by atoms with Gasteiger partial charge in [0.25, 0.3) is 5.91 Å². The van der Waals surface area contributed by atoms with Crippen LogP contribution in [0, 0.1) is 11.7 Å². The predicted octanol–water partition coefficient (Wildman–Crippen LogP) is 1.73. The van der Waals surface area contributed by atoms with Crippen LogP contribution in [0.4, 0.5) is 4.39 Å². The van der Waals surface area contributed by atoms with E-state index in [2.05, 4.69) is 0 Å². The summed E-state index contributed by atoms with van der Waals surface area (Å²) in [5.41, 5.74) is 5.66. The van der Waals surface area contributed by atoms with E-state index >= 15 is 0 Å². The molecule has 1 saturated heterocycles. The number of phenols is 1. The number of nitrogens with two attached hydrogens (primary N) is 1. The molecule has 2 atom stereocenters. The maximum atomic E-state index is 13.7. The largest absolute Gasteiger partial charge is 0.508 e. The van der Waals surface area contributed by atoms with E-state index in [-0.39, 0.29) is 29.2 Å². The Balaban J connectivity index is 2.22. The summed E-state index contributed by atoms with van der Waals surface area (Å²) in [5.74, 6) is -0.920. The summed E-state index contributed by atoms with van der Waals surface area (Å²) in [6.45, 7) is 3.06. The van der Waals surface area contributed by atoms with Gasteiger partial charge in [0.15, 0.2) is 0 Å². The molecule has 3 N–H and O–H groups in total. The van der Waals surface area contributed by atoms with E-state index in [4.69, 9.17) is 5.73 Å². The number of amides is 1. The fraction of sp³-hybridized carbons (Fsp3) is 0.500. The Labute approximate surface area is 112 Å². The number of carbonyl (C=O) groups excluding carboxylic acids is 1. The summed E-state index contributed by atoms with van der Waals surface area (Å²) in [6.07, 6.45) is 1.88. The Bertz CT molecular complexity index is 479. The SMILES string of the molecule is CC1CCC(CN)CN1C(=O)c1ccc(O)cc1F. The first-order valence-electron chi connectivity index (χ1n) is 6.52. The summed E-state index contributed by atoms with van der Waals surface area (Å²) in [7, 11) is 0. The zero-order valence-electron chi connectivity index (χ0n) is 11.0. The molecular weight excluding hydrogens is 247 g/mol. The van der Waals surface area contributed by atoms with Gasteiger partial charge >= 0.3 is 0 Å². The van der Waals surface area contributed by atoms with E-state index in [1.165, 1.54) is 12.1 Å². The van der Waals surface area contributed by atoms with Gasteiger partial charge in [0.05, 0.1) is 5.56 Å². The van der Waals surface area contributed by atoms with Crippen molar-refractivity contribution < 1.29 is 14.3 Å². The molecule has 104 valence electrons. The number of carbonyl (C=O) groups is 1. The molecule has 0 bridgehead atoms. The molecular formula is C14H19FN2O2. The standard InChI is InChI=1S/C14H19FN2O2/c1-9-2-3-10(7-16)8-17(9)14(19)12-5-4-11(18)6-13(12)15/h4-6,9-10,18H,2-3,7-8,16H2,1H3. The van der Waals surface area contributed by atoms with Crippen LogP contribution in [-0.2, 0) is 0 Å². The number of aromatic hydroxyl groups is 1. The van der Waals surface area contributed by atoms with Gasteiger partial charge in [0.1, 0.15) is 11.6 Å². The van der Waals surface area contributed by atoms with Crippen molar-refractivity contribution in [2.75, 3.05) is 13.1 Å². The van der Waals surface area contributed by atoms with Crippen LogP contribution in [0.2, 0.25) is 0 Å². The molecule has 0 radical (unpaired) electrons. The van der Waals surface area contributed by atoms with Gasteiger partial charge in [-0.3, -0.25) is 4.79 Å². The first-order chi connectivity index (χ1) is 9.02. The molecule has 1 heterocycles. The number of halogens is 1. The van der Waals surface area contributed by atoms with E-state index in [0.29, 0.717) is 13.1 Å². The molecule has 1 aromatic carbocycles. The second kappa shape index (κ2) is 5.57. The molecule has 0 aliphatic carbocycles. The first-order valence-corrected chi connectivity index (χ1v) is 6.52. The maximum Gasteiger partial charge on any atom is 0.257 e. The van der Waals surface area contributed by atoms with E-state index in [1.807, 2.05) is 6.92 Å². The maximum absolute atomic E-state index is 13.7. The Hall–Kier alpha value is -1.62. The third-order valence-electron chi connectivity index (χ3n) is 3.76. The van der Waals surface area contributed by atoms with Gasteiger partial charge < -0.3 is 15.7 Å². The lowest BCUT2D eigenvalue weighted by atomic mass is 9.93. The Morgan fingerprint density at radius 2 is 2.26 bits per heavy atom. The Morgan fingerprint density at radius 1 is 1.53 bits per heavy atom. The minimum Gasteiger partial charge on any atom is -0.508 e. The van der Waals surface area contributed by atoms with E-state index in [0.717, 1.165) is 18.9 Å². The van der Waals surface area contributed by atoms with Gasteiger partial charge in [-0.15, -0.1) is 0 Å². The van der Waals surface area contributed by atoms with Gasteiger partial charge in [-0.05, 0) is 44.4 Å². The summed E-state index contributed by atoms with van der Waals surface area (Å²) >= 11 is 0. The minimum absolute atomic E-state index is 0.00215. The lowest BCUT2D eigenvalue weighted by Gasteiger charge is -2.37. The van der Waals surface area contributed by atoms with Crippen LogP contribution in [0.15, 0.2) is 18.2 Å². The zero-order valence-corrected chi connectivity index (χ0v) is 11.0. The van der Waals surface area contributed by atoms with Crippen LogP contribution >= 0.6 is 0 Å². The van der Waals surface area contributed by atoms with Gasteiger partial charge in [-0.1, -0.05) is 0 Å². The predicted molar refractivity (Wildman–Crippen MR) is 70.3 cm³/mol. The van der Waals surface area contributed by atoms with Crippen LogP contribution < -0.4 is 5.73 Å². The highest BCUT2D eigenvalue weighted by Crippen LogP contribution is 2.24. The zero-order chi connectivity index (χ0) is 14.0. The van der Waals surface area contributed by atoms with Crippen molar-refractivity contribution in [3.8, 4) is 5.75 Å². The summed E-state index contributed by atoms with van der Waals surface area (Å²) < 4.78 is 13.7. The Morgan fingerprint density at radius 3 is 2.89 bits per heavy atom. The van der Waals surface area contributed by atoms with Crippen molar-refractivity contribution in [2.24, 2.45) is 11.7 Å². The van der Waals surface area contributed by atoms with Crippen LogP contribution in [0.1, 0.15) is 30.1 Å². The fourth-order valence-electron chi connectivity index (χ4n) is 2.49. The lowest BCUT2D eigenvalue weighted by molar-refractivity contribution is 0.0562. The summed E-state index contributed by atoms with van der Waals surface area (Å²) in [5, 5.41) is 9.18. The van der Waals surface area contributed by atoms with Crippen LogP contribution in [0.5, 0.6) is 5.75 Å². The van der Waals surface area contributed by atoms with E-state index in [9.17, 15) is 14.3 Å². The molecule has 4 nitrogen and oxygen atoms in total. The van der Waals surface area contributed by atoms with Crippen LogP contribution in [-0.4, -0.2) is 35.0 Å². The van der Waals surface area contributed by atoms with E-state index < -0.39 is 5.82 Å². The van der Waals surface area contributed by atoms with Gasteiger partial charge in [0, 0.05) is 18.7 Å². The van der Waals surface area contributed by atoms with E-state index in [1.54, 1.807) is 4.90 Å². The smallest absolute Gasteiger partial charge is 0.257 e. The van der Waals surface area contributed by atoms with Gasteiger partial charge in [-0.2, -0.15) is 0 Å². The van der Waals surface area contributed by atoms with Gasteiger partial charge in [-0.25, -0.2) is 4.39 Å². The highest BCUT2D eigenvalue weighted by atomic mass is 19.1. The van der Waals surface area contributed by atoms with Crippen LogP contribution in [0.25, 0.3) is 0 Å². The Kier molecular flexibility index (Phi) is 4.04. The number of phenolic OH excluding ortho intramolecular Hbond substituents is 1. The minimum atomic E-state index is -0.688. The monoisotopic (exact) mass is 266 g/mol. The first kappa shape index (κ1) is 13.8. The number of hydrogen-bond donors (Lipinski definition) is 2. The highest BCUT2D eigenvalue weighted by molar-refractivity contribution is 5.94. The third kappa shape index (κ3) is 2.87. The number of benzene rings is 1. The normalized spacial score (nSPS) is 23.4. The summed E-state index contributed by atoms with van der Waals surface area (Å²) in [4.78, 5) is 14.0. The van der Waals surface area contributed by atoms with Crippen molar-refractivity contribution in [2.45, 2.75) is 25.8 Å². The van der Waals surface area contributed by atoms with Crippen LogP contribution in [0.3, 0.4) is 0 Å². The topological polar surface area (TPSA) is 66.6 Å². The lowest BCUT2D eigenvalue weighted by Crippen LogP contribution is -2.47. The molecule has 1 aliphatic heterocycles. The number of hydrogen-bond acceptors (Lipinski definition) is 3. The number of piperidine rings is 1. The number of nitrogens with zero attached hydrogens (tertiary/aromatic N) is 1. The molecule has 1 aliphatic rings. The quantitative estimate of drug-likeness (QED) is 0.856. The molecule has 0 aromatic heterocycles.